The minimum atomic E-state index is -0.742. The van der Waals surface area contributed by atoms with E-state index in [2.05, 4.69) is 5.73 Å². The van der Waals surface area contributed by atoms with E-state index in [1.165, 1.54) is 26.4 Å². The summed E-state index contributed by atoms with van der Waals surface area (Å²) in [5.74, 6) is 0.847. The number of methoxy groups -OCH3 is 2. The second-order valence-corrected chi connectivity index (χ2v) is 11.3. The molecule has 2 aromatic rings. The third kappa shape index (κ3) is 14.8. The van der Waals surface area contributed by atoms with Crippen LogP contribution >= 0.6 is 23.5 Å². The lowest BCUT2D eigenvalue weighted by Gasteiger charge is -2.13. The molecule has 0 unspecified atom stereocenters. The molecule has 0 bridgehead atoms. The molecule has 0 aromatic heterocycles. The Morgan fingerprint density at radius 2 is 1.20 bits per heavy atom. The molecule has 0 spiro atoms. The Labute approximate surface area is 284 Å². The molecule has 0 aliphatic carbocycles. The van der Waals surface area contributed by atoms with E-state index in [1.807, 2.05) is 12.5 Å². The monoisotopic (exact) mass is 701 g/mol. The number of allylic oxidation sites excluding steroid dienone is 2. The first-order chi connectivity index (χ1) is 20.6. The van der Waals surface area contributed by atoms with Gasteiger partial charge in [-0.15, -0.1) is 0 Å². The summed E-state index contributed by atoms with van der Waals surface area (Å²) in [6, 6.07) is 8.45. The van der Waals surface area contributed by atoms with Crippen molar-refractivity contribution < 1.29 is 68.7 Å². The van der Waals surface area contributed by atoms with Crippen LogP contribution in [-0.2, 0) is 19.2 Å². The van der Waals surface area contributed by atoms with Gasteiger partial charge in [0, 0.05) is 6.42 Å². The Hall–Kier alpha value is -3.00. The van der Waals surface area contributed by atoms with Crippen molar-refractivity contribution in [3.63, 3.8) is 0 Å². The summed E-state index contributed by atoms with van der Waals surface area (Å²) in [6.45, 7) is 0. The van der Waals surface area contributed by atoms with Crippen LogP contribution in [-0.4, -0.2) is 73.8 Å². The maximum Gasteiger partial charge on any atom is 0.370 e. The van der Waals surface area contributed by atoms with Gasteiger partial charge in [0.25, 0.3) is 0 Å². The van der Waals surface area contributed by atoms with E-state index in [1.54, 1.807) is 72.1 Å². The highest BCUT2D eigenvalue weighted by Crippen LogP contribution is 2.30. The Morgan fingerprint density at radius 1 is 0.756 bits per heavy atom. The lowest BCUT2D eigenvalue weighted by molar-refractivity contribution is -0.407. The van der Waals surface area contributed by atoms with E-state index in [0.29, 0.717) is 35.5 Å². The molecule has 248 valence electrons. The van der Waals surface area contributed by atoms with Gasteiger partial charge < -0.3 is 55.2 Å². The van der Waals surface area contributed by atoms with Crippen LogP contribution in [0.3, 0.4) is 0 Å². The van der Waals surface area contributed by atoms with Crippen LogP contribution in [0.25, 0.3) is 12.2 Å². The largest absolute Gasteiger partial charge is 1.00 e. The van der Waals surface area contributed by atoms with E-state index in [4.69, 9.17) is 24.7 Å². The summed E-state index contributed by atoms with van der Waals surface area (Å²) in [4.78, 5) is 49.3. The van der Waals surface area contributed by atoms with Gasteiger partial charge in [-0.1, -0.05) is 24.3 Å². The van der Waals surface area contributed by atoms with Crippen molar-refractivity contribution >= 4 is 59.2 Å². The maximum absolute atomic E-state index is 12.4. The molecule has 0 saturated carbocycles. The quantitative estimate of drug-likeness (QED) is 0.0717. The molecule has 10 nitrogen and oxygen atoms in total. The number of esters is 2. The molecule has 0 radical (unpaired) electrons. The number of carbonyl (C=O) groups is 4. The fourth-order valence-electron chi connectivity index (χ4n) is 3.53. The molecule has 0 heterocycles. The maximum atomic E-state index is 12.4. The number of carbonyl (C=O) groups excluding carboxylic acids is 4. The number of nitrogens with two attached hydrogens (primary N) is 1. The number of benzene rings is 2. The highest BCUT2D eigenvalue weighted by atomic mass is 35.5. The molecule has 0 aliphatic heterocycles. The van der Waals surface area contributed by atoms with E-state index < -0.39 is 35.6 Å². The highest BCUT2D eigenvalue weighted by molar-refractivity contribution is 7.98. The molecule has 45 heavy (non-hydrogen) atoms. The van der Waals surface area contributed by atoms with Crippen LogP contribution in [0.15, 0.2) is 48.6 Å². The molecular formula is C31H39Cl2N2O8S2-. The van der Waals surface area contributed by atoms with Crippen molar-refractivity contribution in [3.05, 3.63) is 59.7 Å². The van der Waals surface area contributed by atoms with Gasteiger partial charge in [-0.3, -0.25) is 9.59 Å². The highest BCUT2D eigenvalue weighted by Gasteiger charge is 2.21. The van der Waals surface area contributed by atoms with Gasteiger partial charge in [-0.2, -0.15) is 23.5 Å². The fraction of sp³-hybridized carbons (Fsp3) is 0.355. The Balaban J connectivity index is 0.00000968. The van der Waals surface area contributed by atoms with Gasteiger partial charge in [0.05, 0.1) is 20.6 Å². The Kier molecular flexibility index (Phi) is 21.0. The van der Waals surface area contributed by atoms with E-state index >= 15 is 0 Å². The van der Waals surface area contributed by atoms with Gasteiger partial charge in [0.15, 0.2) is 40.6 Å². The smallest absolute Gasteiger partial charge is 0.370 e. The van der Waals surface area contributed by atoms with E-state index in [-0.39, 0.29) is 42.7 Å². The van der Waals surface area contributed by atoms with Crippen LogP contribution in [0.4, 0.5) is 0 Å². The predicted octanol–water partition coefficient (Wildman–Crippen LogP) is -2.78. The Morgan fingerprint density at radius 3 is 1.64 bits per heavy atom. The molecule has 5 N–H and O–H groups in total. The zero-order valence-electron chi connectivity index (χ0n) is 25.6. The van der Waals surface area contributed by atoms with Gasteiger partial charge in [0.2, 0.25) is 0 Å². The van der Waals surface area contributed by atoms with Gasteiger partial charge in [-0.25, -0.2) is 9.59 Å². The number of halogens is 2. The normalized spacial score (nSPS) is 12.0. The molecule has 0 saturated heterocycles. The lowest BCUT2D eigenvalue weighted by atomic mass is 10.1. The number of thioether (sulfide) groups is 2. The molecule has 14 heteroatoms. The summed E-state index contributed by atoms with van der Waals surface area (Å²) >= 11 is 3.22. The fourth-order valence-corrected chi connectivity index (χ4v) is 4.54. The number of ether oxygens (including phenoxy) is 4. The van der Waals surface area contributed by atoms with Crippen molar-refractivity contribution in [2.45, 2.75) is 31.3 Å². The topological polar surface area (TPSA) is 159 Å². The molecule has 2 rings (SSSR count). The average Bonchev–Trinajstić information content (AvgIpc) is 3.01. The first kappa shape index (κ1) is 42.0. The standard InChI is InChI=1S/C31H38N2O8S2.2ClH/c1-38-28-17-20(7-11-26(28)40-30(36)24(32)13-15-42-3)5-9-22(34)19-23(35)10-6-21-8-12-27(29(18-21)39-2)41-31(37)25(33)14-16-43-4;;/h5-12,17-18,24-25H,13-16,19,32-33H2,1-4H3;2*1H/p-1/b9-5+,10-6+;;/t24-,25-;;/m1../s1. The summed E-state index contributed by atoms with van der Waals surface area (Å²) in [5, 5.41) is 0. The first-order valence-electron chi connectivity index (χ1n) is 13.4. The summed E-state index contributed by atoms with van der Waals surface area (Å²) < 4.78 is 21.5. The molecule has 0 fully saturated rings. The first-order valence-corrected chi connectivity index (χ1v) is 16.2. The van der Waals surface area contributed by atoms with Gasteiger partial charge >= 0.3 is 11.9 Å². The summed E-state index contributed by atoms with van der Waals surface area (Å²) in [6.07, 6.45) is 10.3. The van der Waals surface area contributed by atoms with Crippen LogP contribution in [0.5, 0.6) is 23.0 Å². The molecule has 2 atom stereocenters. The predicted molar refractivity (Wildman–Crippen MR) is 171 cm³/mol. The average molecular weight is 703 g/mol. The van der Waals surface area contributed by atoms with Crippen molar-refractivity contribution in [2.24, 2.45) is 5.73 Å². The molecule has 0 amide bonds. The second-order valence-electron chi connectivity index (χ2n) is 9.31. The van der Waals surface area contributed by atoms with Crippen molar-refractivity contribution in [1.82, 2.24) is 0 Å². The molecule has 2 aromatic carbocycles. The molecule has 0 aliphatic rings. The minimum absolute atomic E-state index is 0. The van der Waals surface area contributed by atoms with Crippen LogP contribution in [0.2, 0.25) is 0 Å². The number of ketones is 2. The van der Waals surface area contributed by atoms with Crippen LogP contribution < -0.4 is 55.2 Å². The van der Waals surface area contributed by atoms with Gasteiger partial charge in [-0.05, 0) is 78.0 Å². The number of quaternary nitrogens is 1. The van der Waals surface area contributed by atoms with Crippen LogP contribution in [0.1, 0.15) is 30.4 Å². The number of hydrogen-bond acceptors (Lipinski definition) is 11. The van der Waals surface area contributed by atoms with E-state index in [9.17, 15) is 19.2 Å². The lowest BCUT2D eigenvalue weighted by Crippen LogP contribution is -3.00. The molecular weight excluding hydrogens is 663 g/mol. The SMILES string of the molecule is COc1cc(/C=C/C(=O)CC(=O)/C=C/c2ccc(OC(=O)[C@H]([NH3+])CCSC)c(OC)c2)ccc1OC(=O)[C@H](N)CCSC.[Cl-].[Cl-]. The Bertz CT molecular complexity index is 1240. The number of rotatable bonds is 18. The zero-order chi connectivity index (χ0) is 31.8. The number of hydrogen-bond donors (Lipinski definition) is 2. The summed E-state index contributed by atoms with van der Waals surface area (Å²) in [5.41, 5.74) is 11.0. The van der Waals surface area contributed by atoms with Crippen LogP contribution in [0, 0.1) is 0 Å². The van der Waals surface area contributed by atoms with Crippen molar-refractivity contribution in [1.29, 1.82) is 0 Å². The summed E-state index contributed by atoms with van der Waals surface area (Å²) in [7, 11) is 2.89. The zero-order valence-corrected chi connectivity index (χ0v) is 28.7. The second kappa shape index (κ2) is 22.5. The third-order valence-electron chi connectivity index (χ3n) is 6.01. The van der Waals surface area contributed by atoms with Gasteiger partial charge in [0.1, 0.15) is 6.04 Å². The van der Waals surface area contributed by atoms with Crippen molar-refractivity contribution in [3.8, 4) is 23.0 Å². The third-order valence-corrected chi connectivity index (χ3v) is 7.30. The minimum Gasteiger partial charge on any atom is -1.00 e. The van der Waals surface area contributed by atoms with Crippen molar-refractivity contribution in [2.75, 3.05) is 38.2 Å². The van der Waals surface area contributed by atoms with E-state index in [0.717, 1.165) is 11.5 Å².